The summed E-state index contributed by atoms with van der Waals surface area (Å²) in [5.41, 5.74) is 6.75. The van der Waals surface area contributed by atoms with Gasteiger partial charge >= 0.3 is 0 Å². The van der Waals surface area contributed by atoms with Crippen molar-refractivity contribution in [1.82, 2.24) is 15.3 Å². The van der Waals surface area contributed by atoms with Crippen LogP contribution in [0.25, 0.3) is 0 Å². The summed E-state index contributed by atoms with van der Waals surface area (Å²) in [6.07, 6.45) is -2.62. The van der Waals surface area contributed by atoms with E-state index in [2.05, 4.69) is 42.4 Å². The van der Waals surface area contributed by atoms with E-state index in [-0.39, 0.29) is 17.5 Å². The molecule has 1 saturated heterocycles. The number of alkyl halides is 2. The first-order chi connectivity index (χ1) is 12.8. The maximum Gasteiger partial charge on any atom is 0.260 e. The van der Waals surface area contributed by atoms with Gasteiger partial charge in [-0.25, -0.2) is 14.2 Å². The number of allylic oxidation sites excluding steroid dienone is 1. The molecule has 0 aliphatic carbocycles. The molecular formula is C19H25ClF2N4O. The molecule has 2 aliphatic rings. The third-order valence-electron chi connectivity index (χ3n) is 5.19. The van der Waals surface area contributed by atoms with Crippen molar-refractivity contribution in [2.24, 2.45) is 0 Å². The lowest BCUT2D eigenvalue weighted by molar-refractivity contribution is -0.133. The van der Waals surface area contributed by atoms with Gasteiger partial charge in [-0.1, -0.05) is 29.3 Å². The van der Waals surface area contributed by atoms with Crippen LogP contribution in [0.5, 0.6) is 0 Å². The molecule has 5 nitrogen and oxygen atoms in total. The van der Waals surface area contributed by atoms with E-state index in [4.69, 9.17) is 11.6 Å². The molecule has 1 aromatic carbocycles. The zero-order valence-corrected chi connectivity index (χ0v) is 16.6. The molecule has 1 amide bonds. The summed E-state index contributed by atoms with van der Waals surface area (Å²) < 4.78 is 26.0. The van der Waals surface area contributed by atoms with Crippen LogP contribution in [0.4, 0.5) is 14.5 Å². The van der Waals surface area contributed by atoms with Crippen LogP contribution in [-0.4, -0.2) is 61.0 Å². The van der Waals surface area contributed by atoms with Gasteiger partial charge in [-0.05, 0) is 32.4 Å². The van der Waals surface area contributed by atoms with Gasteiger partial charge in [0.15, 0.2) is 0 Å². The van der Waals surface area contributed by atoms with Crippen LogP contribution < -0.4 is 10.3 Å². The topological polar surface area (TPSA) is 38.8 Å². The lowest BCUT2D eigenvalue weighted by atomic mass is 10.1. The summed E-state index contributed by atoms with van der Waals surface area (Å²) in [5, 5.41) is 1.50. The van der Waals surface area contributed by atoms with E-state index < -0.39 is 12.5 Å². The van der Waals surface area contributed by atoms with Crippen LogP contribution in [-0.2, 0) is 4.79 Å². The van der Waals surface area contributed by atoms with Crippen molar-refractivity contribution in [2.75, 3.05) is 37.6 Å². The Kier molecular flexibility index (Phi) is 5.91. The predicted molar refractivity (Wildman–Crippen MR) is 103 cm³/mol. The highest BCUT2D eigenvalue weighted by Crippen LogP contribution is 2.27. The van der Waals surface area contributed by atoms with Crippen molar-refractivity contribution < 1.29 is 13.6 Å². The fraction of sp³-hybridized carbons (Fsp3) is 0.526. The molecule has 8 heteroatoms. The predicted octanol–water partition coefficient (Wildman–Crippen LogP) is 2.88. The minimum atomic E-state index is -2.62. The monoisotopic (exact) mass is 398 g/mol. The second kappa shape index (κ2) is 8.02. The van der Waals surface area contributed by atoms with Gasteiger partial charge in [0.1, 0.15) is 12.6 Å². The highest BCUT2D eigenvalue weighted by atomic mass is 35.5. The second-order valence-electron chi connectivity index (χ2n) is 7.12. The quantitative estimate of drug-likeness (QED) is 0.846. The van der Waals surface area contributed by atoms with E-state index in [0.29, 0.717) is 18.8 Å². The maximum absolute atomic E-state index is 13.0. The van der Waals surface area contributed by atoms with E-state index in [1.54, 1.807) is 11.8 Å². The molecule has 1 atom stereocenters. The average molecular weight is 399 g/mol. The van der Waals surface area contributed by atoms with Crippen LogP contribution in [0.2, 0.25) is 0 Å². The number of hydrogen-bond acceptors (Lipinski definition) is 4. The van der Waals surface area contributed by atoms with Crippen molar-refractivity contribution in [3.63, 3.8) is 0 Å². The molecule has 0 saturated carbocycles. The van der Waals surface area contributed by atoms with Gasteiger partial charge in [0.25, 0.3) is 6.43 Å². The molecule has 1 N–H and O–H groups in total. The molecular weight excluding hydrogens is 374 g/mol. The number of anilines is 1. The fourth-order valence-corrected chi connectivity index (χ4v) is 3.84. The number of aryl methyl sites for hydroxylation is 2. The van der Waals surface area contributed by atoms with Crippen molar-refractivity contribution in [3.05, 3.63) is 40.1 Å². The highest BCUT2D eigenvalue weighted by molar-refractivity contribution is 6.30. The van der Waals surface area contributed by atoms with E-state index in [9.17, 15) is 13.6 Å². The Labute approximate surface area is 163 Å². The number of piperazine rings is 1. The molecule has 0 spiro atoms. The van der Waals surface area contributed by atoms with Gasteiger partial charge in [-0.15, -0.1) is 0 Å². The summed E-state index contributed by atoms with van der Waals surface area (Å²) >= 11 is 5.96. The number of carbonyl (C=O) groups is 1. The van der Waals surface area contributed by atoms with Crippen LogP contribution in [0.3, 0.4) is 0 Å². The zero-order chi connectivity index (χ0) is 19.7. The molecule has 1 fully saturated rings. The number of halogens is 3. The zero-order valence-electron chi connectivity index (χ0n) is 15.8. The molecule has 27 heavy (non-hydrogen) atoms. The lowest BCUT2D eigenvalue weighted by Crippen LogP contribution is -2.52. The second-order valence-corrected chi connectivity index (χ2v) is 7.53. The molecule has 2 aliphatic heterocycles. The molecule has 0 aromatic heterocycles. The van der Waals surface area contributed by atoms with E-state index in [0.717, 1.165) is 13.1 Å². The Morgan fingerprint density at radius 3 is 2.44 bits per heavy atom. The summed E-state index contributed by atoms with van der Waals surface area (Å²) in [6, 6.07) is 5.14. The number of hydrazine groups is 1. The van der Waals surface area contributed by atoms with Crippen LogP contribution in [0, 0.1) is 13.8 Å². The Morgan fingerprint density at radius 1 is 1.22 bits per heavy atom. The molecule has 1 unspecified atom stereocenters. The van der Waals surface area contributed by atoms with Crippen LogP contribution in [0.15, 0.2) is 28.9 Å². The first-order valence-corrected chi connectivity index (χ1v) is 9.44. The van der Waals surface area contributed by atoms with Crippen molar-refractivity contribution in [3.8, 4) is 0 Å². The molecule has 0 radical (unpaired) electrons. The Balaban J connectivity index is 1.56. The lowest BCUT2D eigenvalue weighted by Gasteiger charge is -2.37. The third kappa shape index (κ3) is 4.19. The normalized spacial score (nSPS) is 20.9. The van der Waals surface area contributed by atoms with Crippen molar-refractivity contribution >= 4 is 23.2 Å². The number of nitrogens with one attached hydrogen (secondary N) is 1. The van der Waals surface area contributed by atoms with Gasteiger partial charge in [0.05, 0.1) is 5.03 Å². The Morgan fingerprint density at radius 2 is 1.89 bits per heavy atom. The Hall–Kier alpha value is -1.86. The molecule has 2 heterocycles. The first-order valence-electron chi connectivity index (χ1n) is 9.06. The molecule has 1 aromatic rings. The van der Waals surface area contributed by atoms with Gasteiger partial charge in [-0.2, -0.15) is 0 Å². The average Bonchev–Trinajstić information content (AvgIpc) is 2.90. The van der Waals surface area contributed by atoms with E-state index in [1.165, 1.54) is 21.8 Å². The smallest absolute Gasteiger partial charge is 0.260 e. The van der Waals surface area contributed by atoms with Crippen molar-refractivity contribution in [2.45, 2.75) is 33.2 Å². The molecule has 3 rings (SSSR count). The minimum Gasteiger partial charge on any atom is -0.368 e. The summed E-state index contributed by atoms with van der Waals surface area (Å²) in [5.74, 6) is -0.0958. The van der Waals surface area contributed by atoms with Crippen LogP contribution in [0.1, 0.15) is 18.1 Å². The Bertz CT molecular complexity index is 747. The van der Waals surface area contributed by atoms with Crippen molar-refractivity contribution in [1.29, 1.82) is 0 Å². The summed E-state index contributed by atoms with van der Waals surface area (Å²) in [4.78, 5) is 16.7. The molecule has 0 bridgehead atoms. The van der Waals surface area contributed by atoms with E-state index in [1.807, 2.05) is 0 Å². The minimum absolute atomic E-state index is 0.00513. The van der Waals surface area contributed by atoms with Gasteiger partial charge in [0, 0.05) is 37.6 Å². The summed E-state index contributed by atoms with van der Waals surface area (Å²) in [7, 11) is 0. The summed E-state index contributed by atoms with van der Waals surface area (Å²) in [6.45, 7) is 8.51. The number of rotatable bonds is 4. The number of carbonyl (C=O) groups excluding carboxylic acids is 1. The maximum atomic E-state index is 13.0. The largest absolute Gasteiger partial charge is 0.368 e. The highest BCUT2D eigenvalue weighted by Gasteiger charge is 2.35. The fourth-order valence-electron chi connectivity index (χ4n) is 3.60. The number of benzene rings is 1. The number of hydrogen-bond donors (Lipinski definition) is 1. The first kappa shape index (κ1) is 19.9. The molecule has 148 valence electrons. The van der Waals surface area contributed by atoms with Gasteiger partial charge in [0.2, 0.25) is 5.91 Å². The van der Waals surface area contributed by atoms with Gasteiger partial charge in [-0.3, -0.25) is 4.79 Å². The van der Waals surface area contributed by atoms with E-state index >= 15 is 0 Å². The number of nitrogens with zero attached hydrogens (tertiary/aromatic N) is 3. The number of amides is 1. The van der Waals surface area contributed by atoms with Crippen LogP contribution >= 0.6 is 11.6 Å². The van der Waals surface area contributed by atoms with Gasteiger partial charge < -0.3 is 14.8 Å². The third-order valence-corrected chi connectivity index (χ3v) is 5.70. The standard InChI is InChI=1S/C19H25ClF2N4O/c1-12-4-5-15(13(2)10-12)24-6-8-25(9-7-24)16(27)11-26-14(3)17(20)18(23-26)19(21)22/h4-5,10,18-19,23H,6-9,11H2,1-3H3. The SMILES string of the molecule is CC1=C(Cl)C(C(F)F)NN1CC(=O)N1CCN(c2ccc(C)cc2C)CC1.